The van der Waals surface area contributed by atoms with Crippen molar-refractivity contribution in [2.45, 2.75) is 24.4 Å². The van der Waals surface area contributed by atoms with Crippen molar-refractivity contribution < 1.29 is 24.2 Å². The van der Waals surface area contributed by atoms with E-state index in [1.807, 2.05) is 36.4 Å². The average Bonchev–Trinajstić information content (AvgIpc) is 3.61. The van der Waals surface area contributed by atoms with E-state index in [9.17, 15) is 19.5 Å². The smallest absolute Gasteiger partial charge is 0.407 e. The van der Waals surface area contributed by atoms with Gasteiger partial charge in [-0.3, -0.25) is 9.78 Å². The number of hydrogen-bond donors (Lipinski definition) is 2. The number of ether oxygens (including phenoxy) is 1. The number of carbonyl (C=O) groups excluding carboxylic acids is 2. The molecular weight excluding hydrogens is 486 g/mol. The maximum absolute atomic E-state index is 13.3. The fourth-order valence-electron chi connectivity index (χ4n) is 4.59. The number of fused-ring (bicyclic) bond motifs is 3. The number of nitrogens with one attached hydrogen (secondary N) is 1. The summed E-state index contributed by atoms with van der Waals surface area (Å²) in [6.45, 7) is 0.124. The molecule has 2 N–H and O–H groups in total. The van der Waals surface area contributed by atoms with E-state index in [1.165, 1.54) is 28.0 Å². The number of benzene rings is 2. The van der Waals surface area contributed by atoms with E-state index in [0.29, 0.717) is 5.75 Å². The molecule has 2 aromatic carbocycles. The van der Waals surface area contributed by atoms with Gasteiger partial charge in [0.2, 0.25) is 5.91 Å². The van der Waals surface area contributed by atoms with Crippen LogP contribution in [0.2, 0.25) is 0 Å². The molecule has 35 heavy (non-hydrogen) atoms. The topological polar surface area (TPSA) is 109 Å². The number of rotatable bonds is 7. The number of amides is 2. The second-order valence-electron chi connectivity index (χ2n) is 8.36. The summed E-state index contributed by atoms with van der Waals surface area (Å²) in [6.07, 6.45) is 1.13. The van der Waals surface area contributed by atoms with Gasteiger partial charge in [0.15, 0.2) is 0 Å². The SMILES string of the molecule is O=C(NC(Cc1cncs1)C(=O)N1CSCC1C(=O)O)OCC1c2ccccc2-c2ccccc21. The van der Waals surface area contributed by atoms with Crippen LogP contribution in [0.4, 0.5) is 4.79 Å². The molecule has 0 saturated carbocycles. The van der Waals surface area contributed by atoms with E-state index in [0.717, 1.165) is 27.1 Å². The van der Waals surface area contributed by atoms with Gasteiger partial charge in [0.1, 0.15) is 18.7 Å². The molecule has 5 rings (SSSR count). The Hall–Kier alpha value is -3.37. The summed E-state index contributed by atoms with van der Waals surface area (Å²) < 4.78 is 5.62. The van der Waals surface area contributed by atoms with Crippen LogP contribution in [0.5, 0.6) is 0 Å². The average molecular weight is 510 g/mol. The minimum atomic E-state index is -1.05. The lowest BCUT2D eigenvalue weighted by molar-refractivity contribution is -0.148. The lowest BCUT2D eigenvalue weighted by atomic mass is 9.98. The molecule has 0 radical (unpaired) electrons. The first kappa shape index (κ1) is 23.4. The van der Waals surface area contributed by atoms with Crippen LogP contribution in [-0.2, 0) is 20.7 Å². The molecule has 1 fully saturated rings. The van der Waals surface area contributed by atoms with Gasteiger partial charge >= 0.3 is 12.1 Å². The van der Waals surface area contributed by atoms with Gasteiger partial charge in [0, 0.05) is 29.2 Å². The summed E-state index contributed by atoms with van der Waals surface area (Å²) in [5, 5.41) is 12.2. The Morgan fingerprint density at radius 2 is 1.80 bits per heavy atom. The van der Waals surface area contributed by atoms with Crippen LogP contribution in [0.15, 0.2) is 60.2 Å². The molecular formula is C25H23N3O5S2. The number of hydrogen-bond acceptors (Lipinski definition) is 7. The summed E-state index contributed by atoms with van der Waals surface area (Å²) in [7, 11) is 0. The van der Waals surface area contributed by atoms with Gasteiger partial charge in [0.25, 0.3) is 0 Å². The standard InChI is InChI=1S/C25H23N3O5S2/c29-23(28-14-34-12-22(28)24(30)31)21(9-15-10-26-13-35-15)27-25(32)33-11-20-18-7-3-1-5-16(18)17-6-2-4-8-19(17)20/h1-8,10,13,20-22H,9,11-12,14H2,(H,27,32)(H,30,31). The molecule has 2 unspecified atom stereocenters. The number of alkyl carbamates (subject to hydrolysis) is 1. The van der Waals surface area contributed by atoms with E-state index < -0.39 is 30.1 Å². The van der Waals surface area contributed by atoms with Crippen LogP contribution in [0.25, 0.3) is 11.1 Å². The van der Waals surface area contributed by atoms with Gasteiger partial charge in [0.05, 0.1) is 11.4 Å². The number of carboxylic acid groups (broad SMARTS) is 1. The monoisotopic (exact) mass is 509 g/mol. The Labute approximate surface area is 210 Å². The second kappa shape index (κ2) is 10.1. The highest BCUT2D eigenvalue weighted by Crippen LogP contribution is 2.44. The van der Waals surface area contributed by atoms with Crippen molar-refractivity contribution in [1.29, 1.82) is 0 Å². The van der Waals surface area contributed by atoms with E-state index in [-0.39, 0.29) is 24.8 Å². The number of aliphatic carboxylic acids is 1. The highest BCUT2D eigenvalue weighted by molar-refractivity contribution is 7.99. The summed E-state index contributed by atoms with van der Waals surface area (Å²) in [6, 6.07) is 14.2. The Bertz CT molecular complexity index is 1200. The molecule has 2 aliphatic rings. The predicted molar refractivity (Wildman–Crippen MR) is 133 cm³/mol. The summed E-state index contributed by atoms with van der Waals surface area (Å²) >= 11 is 2.74. The first-order valence-corrected chi connectivity index (χ1v) is 13.2. The molecule has 10 heteroatoms. The molecule has 180 valence electrons. The largest absolute Gasteiger partial charge is 0.480 e. The normalized spacial score (nSPS) is 17.5. The summed E-state index contributed by atoms with van der Waals surface area (Å²) in [5.41, 5.74) is 6.09. The molecule has 8 nitrogen and oxygen atoms in total. The van der Waals surface area contributed by atoms with Crippen LogP contribution in [0.1, 0.15) is 21.9 Å². The maximum Gasteiger partial charge on any atom is 0.407 e. The molecule has 2 amide bonds. The van der Waals surface area contributed by atoms with Gasteiger partial charge in [-0.05, 0) is 22.3 Å². The van der Waals surface area contributed by atoms with Crippen LogP contribution >= 0.6 is 23.1 Å². The summed E-state index contributed by atoms with van der Waals surface area (Å²) in [5.74, 6) is -1.01. The first-order valence-electron chi connectivity index (χ1n) is 11.1. The van der Waals surface area contributed by atoms with Gasteiger partial charge in [-0.1, -0.05) is 48.5 Å². The zero-order valence-corrected chi connectivity index (χ0v) is 20.3. The Balaban J connectivity index is 1.30. The highest BCUT2D eigenvalue weighted by Gasteiger charge is 2.38. The van der Waals surface area contributed by atoms with E-state index >= 15 is 0 Å². The Morgan fingerprint density at radius 1 is 1.11 bits per heavy atom. The number of aromatic nitrogens is 1. The number of carboxylic acids is 1. The molecule has 3 aromatic rings. The molecule has 1 saturated heterocycles. The molecule has 1 aliphatic carbocycles. The van der Waals surface area contributed by atoms with E-state index in [1.54, 1.807) is 11.7 Å². The van der Waals surface area contributed by atoms with Gasteiger partial charge < -0.3 is 20.1 Å². The molecule has 0 spiro atoms. The number of nitrogens with zero attached hydrogens (tertiary/aromatic N) is 2. The van der Waals surface area contributed by atoms with Crippen molar-refractivity contribution in [3.63, 3.8) is 0 Å². The third-order valence-corrected chi connectivity index (χ3v) is 8.09. The lowest BCUT2D eigenvalue weighted by Gasteiger charge is -2.26. The highest BCUT2D eigenvalue weighted by atomic mass is 32.2. The van der Waals surface area contributed by atoms with Gasteiger partial charge in [-0.2, -0.15) is 0 Å². The predicted octanol–water partition coefficient (Wildman–Crippen LogP) is 3.58. The maximum atomic E-state index is 13.3. The van der Waals surface area contributed by atoms with Crippen molar-refractivity contribution >= 4 is 41.1 Å². The fourth-order valence-corrected chi connectivity index (χ4v) is 6.39. The van der Waals surface area contributed by atoms with Crippen LogP contribution in [0, 0.1) is 0 Å². The minimum absolute atomic E-state index is 0.102. The number of thioether (sulfide) groups is 1. The van der Waals surface area contributed by atoms with Crippen LogP contribution in [0.3, 0.4) is 0 Å². The van der Waals surface area contributed by atoms with Crippen LogP contribution < -0.4 is 5.32 Å². The third-order valence-electron chi connectivity index (χ3n) is 6.27. The van der Waals surface area contributed by atoms with E-state index in [2.05, 4.69) is 22.4 Å². The molecule has 2 atom stereocenters. The first-order chi connectivity index (χ1) is 17.0. The number of carbonyl (C=O) groups is 3. The quantitative estimate of drug-likeness (QED) is 0.501. The van der Waals surface area contributed by atoms with Gasteiger partial charge in [-0.15, -0.1) is 23.1 Å². The van der Waals surface area contributed by atoms with E-state index in [4.69, 9.17) is 4.74 Å². The Morgan fingerprint density at radius 3 is 2.43 bits per heavy atom. The minimum Gasteiger partial charge on any atom is -0.480 e. The van der Waals surface area contributed by atoms with Crippen molar-refractivity contribution in [3.05, 3.63) is 76.2 Å². The van der Waals surface area contributed by atoms with Crippen molar-refractivity contribution in [2.24, 2.45) is 0 Å². The molecule has 1 aliphatic heterocycles. The summed E-state index contributed by atoms with van der Waals surface area (Å²) in [4.78, 5) is 43.9. The third kappa shape index (κ3) is 4.76. The van der Waals surface area contributed by atoms with Crippen molar-refractivity contribution in [3.8, 4) is 11.1 Å². The van der Waals surface area contributed by atoms with Crippen LogP contribution in [-0.4, -0.2) is 63.3 Å². The fraction of sp³-hybridized carbons (Fsp3) is 0.280. The lowest BCUT2D eigenvalue weighted by Crippen LogP contribution is -2.53. The Kier molecular flexibility index (Phi) is 6.74. The van der Waals surface area contributed by atoms with Crippen molar-refractivity contribution in [2.75, 3.05) is 18.2 Å². The molecule has 2 heterocycles. The zero-order chi connectivity index (χ0) is 24.4. The molecule has 1 aromatic heterocycles. The number of thiazole rings is 1. The second-order valence-corrected chi connectivity index (χ2v) is 10.3. The zero-order valence-electron chi connectivity index (χ0n) is 18.6. The van der Waals surface area contributed by atoms with Crippen molar-refractivity contribution in [1.82, 2.24) is 15.2 Å². The van der Waals surface area contributed by atoms with Gasteiger partial charge in [-0.25, -0.2) is 9.59 Å². The molecule has 0 bridgehead atoms.